The van der Waals surface area contributed by atoms with Crippen LogP contribution >= 0.6 is 11.6 Å². The number of aromatic hydroxyl groups is 1. The molecule has 0 unspecified atom stereocenters. The molecule has 0 radical (unpaired) electrons. The fourth-order valence-electron chi connectivity index (χ4n) is 1.48. The number of carbonyl (C=O) groups is 2. The van der Waals surface area contributed by atoms with Crippen LogP contribution in [0.2, 0.25) is 5.02 Å². The molecule has 0 fully saturated rings. The first kappa shape index (κ1) is 13.8. The minimum atomic E-state index is -1.15. The van der Waals surface area contributed by atoms with Gasteiger partial charge in [-0.15, -0.1) is 0 Å². The Morgan fingerprint density at radius 1 is 1.20 bits per heavy atom. The first-order chi connectivity index (χ1) is 9.47. The van der Waals surface area contributed by atoms with Crippen molar-refractivity contribution in [2.24, 2.45) is 0 Å². The quantitative estimate of drug-likeness (QED) is 0.806. The summed E-state index contributed by atoms with van der Waals surface area (Å²) in [5.41, 5.74) is 0.298. The molecule has 1 aromatic carbocycles. The van der Waals surface area contributed by atoms with E-state index in [9.17, 15) is 14.7 Å². The summed E-state index contributed by atoms with van der Waals surface area (Å²) in [5, 5.41) is 20.7. The van der Waals surface area contributed by atoms with Gasteiger partial charge in [0.1, 0.15) is 11.4 Å². The summed E-state index contributed by atoms with van der Waals surface area (Å²) in [5.74, 6) is -1.77. The Hall–Kier alpha value is -2.60. The van der Waals surface area contributed by atoms with Crippen molar-refractivity contribution in [3.8, 4) is 5.75 Å². The summed E-state index contributed by atoms with van der Waals surface area (Å²) in [6.07, 6.45) is 1.22. The lowest BCUT2D eigenvalue weighted by atomic mass is 10.2. The minimum absolute atomic E-state index is 0.0844. The number of aromatic nitrogens is 1. The zero-order valence-electron chi connectivity index (χ0n) is 10.0. The lowest BCUT2D eigenvalue weighted by Crippen LogP contribution is -2.13. The van der Waals surface area contributed by atoms with E-state index in [4.69, 9.17) is 16.7 Å². The molecule has 2 aromatic rings. The molecule has 0 saturated carbocycles. The van der Waals surface area contributed by atoms with E-state index in [0.717, 1.165) is 0 Å². The average molecular weight is 293 g/mol. The van der Waals surface area contributed by atoms with Crippen molar-refractivity contribution in [2.45, 2.75) is 0 Å². The number of pyridine rings is 1. The van der Waals surface area contributed by atoms with Gasteiger partial charge in [0.05, 0.1) is 22.5 Å². The third kappa shape index (κ3) is 3.04. The van der Waals surface area contributed by atoms with Gasteiger partial charge in [-0.1, -0.05) is 11.6 Å². The molecule has 0 bridgehead atoms. The van der Waals surface area contributed by atoms with E-state index >= 15 is 0 Å². The Morgan fingerprint density at radius 3 is 2.55 bits per heavy atom. The third-order valence-corrected chi connectivity index (χ3v) is 2.76. The van der Waals surface area contributed by atoms with Gasteiger partial charge in [0.2, 0.25) is 0 Å². The van der Waals surface area contributed by atoms with Crippen LogP contribution in [-0.2, 0) is 0 Å². The van der Waals surface area contributed by atoms with Gasteiger partial charge in [-0.2, -0.15) is 0 Å². The number of hydrogen-bond donors (Lipinski definition) is 3. The predicted octanol–water partition coefficient (Wildman–Crippen LogP) is 2.39. The Morgan fingerprint density at radius 2 is 1.95 bits per heavy atom. The highest BCUT2D eigenvalue weighted by molar-refractivity contribution is 6.34. The van der Waals surface area contributed by atoms with Crippen LogP contribution in [0.5, 0.6) is 5.75 Å². The van der Waals surface area contributed by atoms with Crippen molar-refractivity contribution >= 4 is 29.2 Å². The zero-order valence-corrected chi connectivity index (χ0v) is 10.8. The maximum absolute atomic E-state index is 12.0. The molecule has 102 valence electrons. The summed E-state index contributed by atoms with van der Waals surface area (Å²) in [7, 11) is 0. The van der Waals surface area contributed by atoms with Crippen molar-refractivity contribution in [1.29, 1.82) is 0 Å². The van der Waals surface area contributed by atoms with E-state index in [1.54, 1.807) is 0 Å². The number of rotatable bonds is 3. The SMILES string of the molecule is O=C(O)c1ccc(NC(=O)c2cc(O)ccc2Cl)cn1. The molecule has 6 nitrogen and oxygen atoms in total. The van der Waals surface area contributed by atoms with E-state index in [1.165, 1.54) is 36.5 Å². The molecule has 20 heavy (non-hydrogen) atoms. The number of amides is 1. The van der Waals surface area contributed by atoms with E-state index in [-0.39, 0.29) is 22.0 Å². The van der Waals surface area contributed by atoms with Crippen LogP contribution in [0.4, 0.5) is 5.69 Å². The lowest BCUT2D eigenvalue weighted by molar-refractivity contribution is 0.0690. The first-order valence-corrected chi connectivity index (χ1v) is 5.84. The number of phenols is 1. The second-order valence-electron chi connectivity index (χ2n) is 3.86. The maximum Gasteiger partial charge on any atom is 0.354 e. The van der Waals surface area contributed by atoms with Crippen molar-refractivity contribution in [3.05, 3.63) is 52.8 Å². The molecule has 3 N–H and O–H groups in total. The highest BCUT2D eigenvalue weighted by atomic mass is 35.5. The normalized spacial score (nSPS) is 10.1. The molecule has 0 aliphatic rings. The number of anilines is 1. The van der Waals surface area contributed by atoms with Crippen LogP contribution in [0, 0.1) is 0 Å². The maximum atomic E-state index is 12.0. The summed E-state index contributed by atoms with van der Waals surface area (Å²) < 4.78 is 0. The van der Waals surface area contributed by atoms with Crippen molar-refractivity contribution in [2.75, 3.05) is 5.32 Å². The monoisotopic (exact) mass is 292 g/mol. The number of carboxylic acids is 1. The van der Waals surface area contributed by atoms with Crippen molar-refractivity contribution in [1.82, 2.24) is 4.98 Å². The molecule has 1 heterocycles. The standard InChI is InChI=1S/C13H9ClN2O4/c14-10-3-2-8(17)5-9(10)12(18)16-7-1-4-11(13(19)20)15-6-7/h1-6,17H,(H,16,18)(H,19,20). The molecule has 1 aromatic heterocycles. The highest BCUT2D eigenvalue weighted by Crippen LogP contribution is 2.22. The van der Waals surface area contributed by atoms with Gasteiger partial charge in [0.25, 0.3) is 5.91 Å². The fourth-order valence-corrected chi connectivity index (χ4v) is 1.68. The van der Waals surface area contributed by atoms with Crippen LogP contribution in [0.15, 0.2) is 36.5 Å². The van der Waals surface area contributed by atoms with Crippen molar-refractivity contribution in [3.63, 3.8) is 0 Å². The van der Waals surface area contributed by atoms with Gasteiger partial charge in [-0.3, -0.25) is 4.79 Å². The van der Waals surface area contributed by atoms with Gasteiger partial charge in [0, 0.05) is 0 Å². The molecule has 1 amide bonds. The first-order valence-electron chi connectivity index (χ1n) is 5.46. The third-order valence-electron chi connectivity index (χ3n) is 2.44. The van der Waals surface area contributed by atoms with Gasteiger partial charge in [-0.25, -0.2) is 9.78 Å². The fraction of sp³-hybridized carbons (Fsp3) is 0. The number of hydrogen-bond acceptors (Lipinski definition) is 4. The Labute approximate surface area is 118 Å². The second-order valence-corrected chi connectivity index (χ2v) is 4.26. The van der Waals surface area contributed by atoms with Gasteiger partial charge < -0.3 is 15.5 Å². The number of carbonyl (C=O) groups excluding carboxylic acids is 1. The summed E-state index contributed by atoms with van der Waals surface area (Å²) in [6.45, 7) is 0. The number of aromatic carboxylic acids is 1. The van der Waals surface area contributed by atoms with E-state index in [0.29, 0.717) is 5.69 Å². The molecule has 0 saturated heterocycles. The zero-order chi connectivity index (χ0) is 14.7. The number of phenolic OH excluding ortho intramolecular Hbond substituents is 1. The Bertz CT molecular complexity index is 671. The number of halogens is 1. The number of nitrogens with zero attached hydrogens (tertiary/aromatic N) is 1. The molecular formula is C13H9ClN2O4. The van der Waals surface area contributed by atoms with Crippen LogP contribution in [0.25, 0.3) is 0 Å². The smallest absolute Gasteiger partial charge is 0.354 e. The largest absolute Gasteiger partial charge is 0.508 e. The Balaban J connectivity index is 2.19. The van der Waals surface area contributed by atoms with Crippen molar-refractivity contribution < 1.29 is 19.8 Å². The summed E-state index contributed by atoms with van der Waals surface area (Å²) in [4.78, 5) is 26.3. The van der Waals surface area contributed by atoms with Gasteiger partial charge in [0.15, 0.2) is 0 Å². The molecule has 0 aliphatic heterocycles. The molecule has 2 rings (SSSR count). The van der Waals surface area contributed by atoms with Crippen LogP contribution in [0.3, 0.4) is 0 Å². The number of benzene rings is 1. The van der Waals surface area contributed by atoms with Gasteiger partial charge >= 0.3 is 5.97 Å². The van der Waals surface area contributed by atoms with Gasteiger partial charge in [-0.05, 0) is 30.3 Å². The van der Waals surface area contributed by atoms with E-state index in [1.807, 2.05) is 0 Å². The highest BCUT2D eigenvalue weighted by Gasteiger charge is 2.12. The molecule has 0 aliphatic carbocycles. The minimum Gasteiger partial charge on any atom is -0.508 e. The topological polar surface area (TPSA) is 99.5 Å². The summed E-state index contributed by atoms with van der Waals surface area (Å²) in [6, 6.07) is 6.67. The van der Waals surface area contributed by atoms with Crippen LogP contribution < -0.4 is 5.32 Å². The second kappa shape index (κ2) is 5.58. The number of carboxylic acid groups (broad SMARTS) is 1. The molecule has 0 spiro atoms. The predicted molar refractivity (Wildman–Crippen MR) is 72.3 cm³/mol. The van der Waals surface area contributed by atoms with E-state index in [2.05, 4.69) is 10.3 Å². The summed E-state index contributed by atoms with van der Waals surface area (Å²) >= 11 is 5.86. The van der Waals surface area contributed by atoms with E-state index < -0.39 is 11.9 Å². The average Bonchev–Trinajstić information content (AvgIpc) is 2.42. The van der Waals surface area contributed by atoms with Crippen LogP contribution in [-0.4, -0.2) is 27.1 Å². The van der Waals surface area contributed by atoms with Crippen LogP contribution in [0.1, 0.15) is 20.8 Å². The number of nitrogens with one attached hydrogen (secondary N) is 1. The molecular weight excluding hydrogens is 284 g/mol. The molecule has 7 heteroatoms. The molecule has 0 atom stereocenters. The lowest BCUT2D eigenvalue weighted by Gasteiger charge is -2.07. The Kier molecular flexibility index (Phi) is 3.86.